The van der Waals surface area contributed by atoms with E-state index in [2.05, 4.69) is 34.9 Å². The molecule has 4 N–H and O–H groups in total. The van der Waals surface area contributed by atoms with Crippen LogP contribution in [-0.4, -0.2) is 54.0 Å². The van der Waals surface area contributed by atoms with Gasteiger partial charge in [-0.1, -0.05) is 55.5 Å². The zero-order valence-electron chi connectivity index (χ0n) is 17.9. The second-order valence-corrected chi connectivity index (χ2v) is 7.99. The van der Waals surface area contributed by atoms with Crippen molar-refractivity contribution in [3.05, 3.63) is 59.7 Å². The van der Waals surface area contributed by atoms with Gasteiger partial charge in [-0.25, -0.2) is 9.59 Å². The van der Waals surface area contributed by atoms with Crippen LogP contribution < -0.4 is 10.6 Å². The van der Waals surface area contributed by atoms with Gasteiger partial charge in [-0.05, 0) is 34.6 Å². The molecule has 2 amide bonds. The minimum atomic E-state index is -1.31. The van der Waals surface area contributed by atoms with Crippen molar-refractivity contribution >= 4 is 18.0 Å². The number of alkyl carbamates (subject to hydrolysis) is 1. The van der Waals surface area contributed by atoms with Crippen molar-refractivity contribution in [1.82, 2.24) is 10.6 Å². The summed E-state index contributed by atoms with van der Waals surface area (Å²) in [6, 6.07) is 14.9. The lowest BCUT2D eigenvalue weighted by molar-refractivity contribution is -0.143. The predicted octanol–water partition coefficient (Wildman–Crippen LogP) is 2.50. The minimum Gasteiger partial charge on any atom is -0.480 e. The Labute approximate surface area is 186 Å². The van der Waals surface area contributed by atoms with E-state index in [1.165, 1.54) is 0 Å². The summed E-state index contributed by atoms with van der Waals surface area (Å²) in [6.07, 6.45) is 0.0271. The van der Waals surface area contributed by atoms with Crippen LogP contribution in [0.4, 0.5) is 4.79 Å². The molecule has 0 bridgehead atoms. The number of hydrogen-bond acceptors (Lipinski definition) is 5. The monoisotopic (exact) mass is 440 g/mol. The van der Waals surface area contributed by atoms with E-state index in [4.69, 9.17) is 14.9 Å². The number of benzene rings is 2. The van der Waals surface area contributed by atoms with E-state index in [0.29, 0.717) is 13.0 Å². The Morgan fingerprint density at radius 2 is 1.62 bits per heavy atom. The zero-order valence-corrected chi connectivity index (χ0v) is 17.9. The molecule has 8 nitrogen and oxygen atoms in total. The van der Waals surface area contributed by atoms with Crippen LogP contribution in [0.2, 0.25) is 0 Å². The molecule has 0 aromatic heterocycles. The maximum atomic E-state index is 12.2. The Morgan fingerprint density at radius 3 is 2.19 bits per heavy atom. The lowest BCUT2D eigenvalue weighted by Gasteiger charge is -2.16. The molecule has 0 radical (unpaired) electrons. The Bertz CT molecular complexity index is 931. The van der Waals surface area contributed by atoms with E-state index in [-0.39, 0.29) is 24.9 Å². The molecule has 0 saturated carbocycles. The van der Waals surface area contributed by atoms with Crippen LogP contribution in [0.15, 0.2) is 48.5 Å². The van der Waals surface area contributed by atoms with Crippen LogP contribution in [0.1, 0.15) is 36.8 Å². The number of hydrogen-bond donors (Lipinski definition) is 4. The fraction of sp³-hybridized carbons (Fsp3) is 0.375. The number of aliphatic carboxylic acids is 1. The van der Waals surface area contributed by atoms with Crippen LogP contribution in [0.3, 0.4) is 0 Å². The highest BCUT2D eigenvalue weighted by atomic mass is 16.5. The SMILES string of the molecule is CC(CCC(=O)NC(CO)C(=O)O)CNC(=O)OCC1c2ccccc2-c2ccccc21. The van der Waals surface area contributed by atoms with Crippen LogP contribution in [0.25, 0.3) is 11.1 Å². The topological polar surface area (TPSA) is 125 Å². The molecule has 3 rings (SSSR count). The molecule has 1 aliphatic rings. The molecule has 2 aromatic rings. The van der Waals surface area contributed by atoms with Crippen molar-refractivity contribution in [2.45, 2.75) is 31.7 Å². The number of rotatable bonds is 10. The lowest BCUT2D eigenvalue weighted by atomic mass is 9.98. The maximum absolute atomic E-state index is 12.2. The Morgan fingerprint density at radius 1 is 1.03 bits per heavy atom. The van der Waals surface area contributed by atoms with Gasteiger partial charge in [0.25, 0.3) is 0 Å². The van der Waals surface area contributed by atoms with Crippen molar-refractivity contribution < 1.29 is 29.3 Å². The highest BCUT2D eigenvalue weighted by Crippen LogP contribution is 2.44. The number of nitrogens with one attached hydrogen (secondary N) is 2. The van der Waals surface area contributed by atoms with Crippen molar-refractivity contribution in [2.24, 2.45) is 5.92 Å². The molecular formula is C24H28N2O6. The summed E-state index contributed by atoms with van der Waals surface area (Å²) in [5.41, 5.74) is 4.61. The van der Waals surface area contributed by atoms with E-state index in [0.717, 1.165) is 22.3 Å². The molecule has 0 fully saturated rings. The minimum absolute atomic E-state index is 0.0111. The van der Waals surface area contributed by atoms with E-state index in [9.17, 15) is 14.4 Å². The number of carboxylic acids is 1. The van der Waals surface area contributed by atoms with E-state index in [1.54, 1.807) is 0 Å². The second-order valence-electron chi connectivity index (χ2n) is 7.99. The Balaban J connectivity index is 1.43. The first-order valence-electron chi connectivity index (χ1n) is 10.6. The first-order chi connectivity index (χ1) is 15.4. The van der Waals surface area contributed by atoms with Gasteiger partial charge in [-0.15, -0.1) is 0 Å². The Hall–Kier alpha value is -3.39. The van der Waals surface area contributed by atoms with Gasteiger partial charge in [0.1, 0.15) is 12.6 Å². The number of ether oxygens (including phenoxy) is 1. The predicted molar refractivity (Wildman–Crippen MR) is 118 cm³/mol. The third kappa shape index (κ3) is 5.64. The van der Waals surface area contributed by atoms with Crippen molar-refractivity contribution in [3.63, 3.8) is 0 Å². The number of aliphatic hydroxyl groups excluding tert-OH is 1. The standard InChI is InChI=1S/C24H28N2O6/c1-15(10-11-22(28)26-21(13-27)23(29)30)12-25-24(31)32-14-20-18-8-4-2-6-16(18)17-7-3-5-9-19(17)20/h2-9,15,20-21,27H,10-14H2,1H3,(H,25,31)(H,26,28)(H,29,30). The number of carbonyl (C=O) groups is 3. The van der Waals surface area contributed by atoms with E-state index in [1.807, 2.05) is 31.2 Å². The summed E-state index contributed by atoms with van der Waals surface area (Å²) >= 11 is 0. The summed E-state index contributed by atoms with van der Waals surface area (Å²) in [6.45, 7) is 1.76. The molecule has 0 heterocycles. The van der Waals surface area contributed by atoms with Gasteiger partial charge in [-0.3, -0.25) is 4.79 Å². The smallest absolute Gasteiger partial charge is 0.407 e. The van der Waals surface area contributed by atoms with Crippen molar-refractivity contribution in [1.29, 1.82) is 0 Å². The van der Waals surface area contributed by atoms with Gasteiger partial charge >= 0.3 is 12.1 Å². The molecule has 32 heavy (non-hydrogen) atoms. The molecule has 2 atom stereocenters. The number of carbonyl (C=O) groups excluding carboxylic acids is 2. The van der Waals surface area contributed by atoms with Crippen molar-refractivity contribution in [2.75, 3.05) is 19.8 Å². The normalized spacial score (nSPS) is 14.1. The first-order valence-corrected chi connectivity index (χ1v) is 10.6. The first kappa shape index (κ1) is 23.3. The fourth-order valence-corrected chi connectivity index (χ4v) is 3.84. The van der Waals surface area contributed by atoms with Gasteiger partial charge in [0.05, 0.1) is 6.61 Å². The summed E-state index contributed by atoms with van der Waals surface area (Å²) < 4.78 is 5.49. The van der Waals surface area contributed by atoms with Gasteiger partial charge < -0.3 is 25.6 Å². The average molecular weight is 440 g/mol. The van der Waals surface area contributed by atoms with Crippen LogP contribution in [-0.2, 0) is 14.3 Å². The molecule has 8 heteroatoms. The van der Waals surface area contributed by atoms with Crippen LogP contribution in [0.5, 0.6) is 0 Å². The maximum Gasteiger partial charge on any atom is 0.407 e. The average Bonchev–Trinajstić information content (AvgIpc) is 3.12. The molecular weight excluding hydrogens is 412 g/mol. The third-order valence-corrected chi connectivity index (χ3v) is 5.62. The number of amides is 2. The highest BCUT2D eigenvalue weighted by Gasteiger charge is 2.29. The quantitative estimate of drug-likeness (QED) is 0.450. The molecule has 1 aliphatic carbocycles. The largest absolute Gasteiger partial charge is 0.480 e. The second kappa shape index (κ2) is 10.8. The molecule has 0 aliphatic heterocycles. The molecule has 0 spiro atoms. The fourth-order valence-electron chi connectivity index (χ4n) is 3.84. The summed E-state index contributed by atoms with van der Waals surface area (Å²) in [5, 5.41) is 22.8. The van der Waals surface area contributed by atoms with Gasteiger partial charge in [0.15, 0.2) is 0 Å². The van der Waals surface area contributed by atoms with Gasteiger partial charge in [0.2, 0.25) is 5.91 Å². The Kier molecular flexibility index (Phi) is 7.83. The van der Waals surface area contributed by atoms with E-state index < -0.39 is 30.6 Å². The highest BCUT2D eigenvalue weighted by molar-refractivity contribution is 5.83. The summed E-state index contributed by atoms with van der Waals surface area (Å²) in [5.74, 6) is -1.77. The molecule has 2 aromatic carbocycles. The van der Waals surface area contributed by atoms with E-state index >= 15 is 0 Å². The van der Waals surface area contributed by atoms with Crippen molar-refractivity contribution in [3.8, 4) is 11.1 Å². The molecule has 170 valence electrons. The number of fused-ring (bicyclic) bond motifs is 3. The molecule has 0 saturated heterocycles. The lowest BCUT2D eigenvalue weighted by Crippen LogP contribution is -2.43. The summed E-state index contributed by atoms with van der Waals surface area (Å²) in [7, 11) is 0. The van der Waals surface area contributed by atoms with Crippen LogP contribution in [0, 0.1) is 5.92 Å². The van der Waals surface area contributed by atoms with Crippen LogP contribution >= 0.6 is 0 Å². The summed E-state index contributed by atoms with van der Waals surface area (Å²) in [4.78, 5) is 34.9. The number of aliphatic hydroxyl groups is 1. The molecule has 2 unspecified atom stereocenters. The zero-order chi connectivity index (χ0) is 23.1. The number of carboxylic acid groups (broad SMARTS) is 1. The third-order valence-electron chi connectivity index (χ3n) is 5.62. The van der Waals surface area contributed by atoms with Gasteiger partial charge in [-0.2, -0.15) is 0 Å². The van der Waals surface area contributed by atoms with Gasteiger partial charge in [0, 0.05) is 18.9 Å².